The van der Waals surface area contributed by atoms with Gasteiger partial charge in [0.05, 0.1) is 12.3 Å². The van der Waals surface area contributed by atoms with Gasteiger partial charge < -0.3 is 23.7 Å². The second-order valence-electron chi connectivity index (χ2n) is 11.5. The number of rotatable bonds is 7. The molecule has 0 aliphatic carbocycles. The third kappa shape index (κ3) is 5.72. The summed E-state index contributed by atoms with van der Waals surface area (Å²) in [7, 11) is 0.303. The van der Waals surface area contributed by atoms with Gasteiger partial charge in [0.1, 0.15) is 5.75 Å². The van der Waals surface area contributed by atoms with Crippen LogP contribution >= 0.6 is 11.6 Å². The molecule has 0 spiro atoms. The lowest BCUT2D eigenvalue weighted by Crippen LogP contribution is -2.49. The number of nitrogens with zero attached hydrogens (tertiary/aromatic N) is 4. The molecule has 1 N–H and O–H groups in total. The number of benzene rings is 1. The Hall–Kier alpha value is -2.13. The van der Waals surface area contributed by atoms with Gasteiger partial charge in [-0.05, 0) is 81.3 Å². The highest BCUT2D eigenvalue weighted by Gasteiger charge is 2.37. The fourth-order valence-electron chi connectivity index (χ4n) is 4.57. The Morgan fingerprint density at radius 3 is 2.67 bits per heavy atom. The molecule has 0 bridgehead atoms. The zero-order chi connectivity index (χ0) is 26.3. The molecule has 2 aromatic heterocycles. The molecule has 0 amide bonds. The molecule has 1 aliphatic heterocycles. The van der Waals surface area contributed by atoms with Gasteiger partial charge >= 0.3 is 0 Å². The maximum atomic E-state index is 10.5. The summed E-state index contributed by atoms with van der Waals surface area (Å²) in [6.45, 7) is 16.7. The predicted molar refractivity (Wildman–Crippen MR) is 150 cm³/mol. The number of fused-ring (bicyclic) bond motifs is 1. The number of aromatic nitrogens is 2. The van der Waals surface area contributed by atoms with E-state index >= 15 is 0 Å². The van der Waals surface area contributed by atoms with Crippen molar-refractivity contribution in [1.29, 1.82) is 0 Å². The summed E-state index contributed by atoms with van der Waals surface area (Å²) in [5, 5.41) is 11.2. The lowest BCUT2D eigenvalue weighted by atomic mass is 10.0. The van der Waals surface area contributed by atoms with E-state index in [-0.39, 0.29) is 10.8 Å². The average molecular weight is 531 g/mol. The van der Waals surface area contributed by atoms with Gasteiger partial charge in [-0.15, -0.1) is 0 Å². The van der Waals surface area contributed by atoms with Crippen molar-refractivity contribution in [3.8, 4) is 17.0 Å². The summed E-state index contributed by atoms with van der Waals surface area (Å²) in [6, 6.07) is 7.95. The van der Waals surface area contributed by atoms with Crippen molar-refractivity contribution >= 4 is 37.2 Å². The van der Waals surface area contributed by atoms with Gasteiger partial charge in [-0.25, -0.2) is 4.98 Å². The average Bonchev–Trinajstić information content (AvgIpc) is 3.18. The first-order valence-electron chi connectivity index (χ1n) is 12.7. The van der Waals surface area contributed by atoms with E-state index in [9.17, 15) is 5.11 Å². The second-order valence-corrected chi connectivity index (χ2v) is 16.7. The van der Waals surface area contributed by atoms with Crippen LogP contribution < -0.4 is 4.90 Å². The molecule has 1 aromatic carbocycles. The first-order valence-corrected chi connectivity index (χ1v) is 16.0. The van der Waals surface area contributed by atoms with Crippen LogP contribution in [-0.2, 0) is 4.43 Å². The topological polar surface area (TPSA) is 74.9 Å². The number of hydrogen-bond donors (Lipinski definition) is 1. The van der Waals surface area contributed by atoms with Gasteiger partial charge in [-0.2, -0.15) is 4.98 Å². The normalized spacial score (nSPS) is 17.6. The van der Waals surface area contributed by atoms with E-state index in [1.165, 1.54) is 6.07 Å². The van der Waals surface area contributed by atoms with Gasteiger partial charge in [0.15, 0.2) is 13.9 Å². The Labute approximate surface area is 220 Å². The molecule has 7 nitrogen and oxygen atoms in total. The number of oxazole rings is 1. The number of aryl methyl sites for hydroxylation is 1. The van der Waals surface area contributed by atoms with Crippen molar-refractivity contribution in [3.63, 3.8) is 0 Å². The highest BCUT2D eigenvalue weighted by atomic mass is 35.5. The number of likely N-dealkylation sites (N-methyl/N-ethyl adjacent to an activating group) is 1. The van der Waals surface area contributed by atoms with Crippen LogP contribution in [0.3, 0.4) is 0 Å². The molecule has 3 aromatic rings. The summed E-state index contributed by atoms with van der Waals surface area (Å²) >= 11 is 6.10. The molecule has 1 fully saturated rings. The Bertz CT molecular complexity index is 1200. The number of hydrogen-bond acceptors (Lipinski definition) is 7. The first kappa shape index (κ1) is 26.9. The van der Waals surface area contributed by atoms with Crippen LogP contribution in [0.25, 0.3) is 22.5 Å². The fourth-order valence-corrected chi connectivity index (χ4v) is 5.87. The van der Waals surface area contributed by atoms with Crippen LogP contribution in [0.1, 0.15) is 39.2 Å². The number of halogens is 1. The lowest BCUT2D eigenvalue weighted by molar-refractivity contribution is 0.228. The molecule has 4 rings (SSSR count). The van der Waals surface area contributed by atoms with Crippen molar-refractivity contribution in [2.75, 3.05) is 38.2 Å². The SMILES string of the molecule is Cc1cc(Cl)cc(O)c1-c1ccc2oc(N(CCO[Si](C)(C)C(C)(C)C)[C@@H]3CCCN(C)C3)nc2n1. The van der Waals surface area contributed by atoms with Gasteiger partial charge in [0.25, 0.3) is 6.01 Å². The van der Waals surface area contributed by atoms with Gasteiger partial charge in [-0.1, -0.05) is 32.4 Å². The van der Waals surface area contributed by atoms with Crippen molar-refractivity contribution in [1.82, 2.24) is 14.9 Å². The summed E-state index contributed by atoms with van der Waals surface area (Å²) in [4.78, 5) is 14.2. The zero-order valence-corrected chi connectivity index (χ0v) is 24.3. The Morgan fingerprint density at radius 2 is 2.00 bits per heavy atom. The summed E-state index contributed by atoms with van der Waals surface area (Å²) in [5.41, 5.74) is 3.29. The minimum Gasteiger partial charge on any atom is -0.507 e. The standard InChI is InChI=1S/C27H39ClN4O3Si/c1-18-15-19(28)16-22(33)24(18)21-10-11-23-25(29-21)30-26(35-23)32(20-9-8-12-31(5)17-20)13-14-34-36(6,7)27(2,3)4/h10-11,15-16,20,33H,8-9,12-14,17H2,1-7H3/t20-/m1/s1. The molecule has 36 heavy (non-hydrogen) atoms. The van der Waals surface area contributed by atoms with Crippen LogP contribution in [0.15, 0.2) is 28.7 Å². The van der Waals surface area contributed by atoms with Crippen molar-refractivity contribution in [3.05, 3.63) is 34.9 Å². The van der Waals surface area contributed by atoms with Gasteiger partial charge in [0, 0.05) is 29.7 Å². The van der Waals surface area contributed by atoms with E-state index in [0.717, 1.165) is 31.5 Å². The zero-order valence-electron chi connectivity index (χ0n) is 22.6. The van der Waals surface area contributed by atoms with E-state index in [4.69, 9.17) is 30.4 Å². The van der Waals surface area contributed by atoms with E-state index in [2.05, 4.69) is 50.7 Å². The minimum atomic E-state index is -1.86. The smallest absolute Gasteiger partial charge is 0.300 e. The van der Waals surface area contributed by atoms with Crippen LogP contribution in [-0.4, -0.2) is 67.6 Å². The highest BCUT2D eigenvalue weighted by molar-refractivity contribution is 6.74. The molecule has 9 heteroatoms. The number of piperidine rings is 1. The Kier molecular flexibility index (Phi) is 7.72. The molecule has 0 saturated carbocycles. The van der Waals surface area contributed by atoms with Crippen LogP contribution in [0.5, 0.6) is 5.75 Å². The van der Waals surface area contributed by atoms with E-state index in [0.29, 0.717) is 52.7 Å². The number of likely N-dealkylation sites (tertiary alicyclic amines) is 1. The Balaban J connectivity index is 1.64. The van der Waals surface area contributed by atoms with E-state index in [1.807, 2.05) is 25.1 Å². The van der Waals surface area contributed by atoms with Crippen LogP contribution in [0, 0.1) is 6.92 Å². The number of pyridine rings is 1. The molecular formula is C27H39ClN4O3Si. The molecule has 0 radical (unpaired) electrons. The maximum absolute atomic E-state index is 10.5. The highest BCUT2D eigenvalue weighted by Crippen LogP contribution is 2.37. The van der Waals surface area contributed by atoms with Crippen LogP contribution in [0.2, 0.25) is 23.2 Å². The fraction of sp³-hybridized carbons (Fsp3) is 0.556. The quantitative estimate of drug-likeness (QED) is 0.350. The predicted octanol–water partition coefficient (Wildman–Crippen LogP) is 6.48. The largest absolute Gasteiger partial charge is 0.507 e. The number of phenols is 1. The summed E-state index contributed by atoms with van der Waals surface area (Å²) < 4.78 is 12.8. The van der Waals surface area contributed by atoms with E-state index in [1.54, 1.807) is 0 Å². The van der Waals surface area contributed by atoms with Gasteiger partial charge in [-0.3, -0.25) is 0 Å². The maximum Gasteiger partial charge on any atom is 0.300 e. The number of aromatic hydroxyl groups is 1. The first-order chi connectivity index (χ1) is 16.9. The van der Waals surface area contributed by atoms with Crippen molar-refractivity contribution < 1.29 is 13.9 Å². The van der Waals surface area contributed by atoms with Crippen molar-refractivity contribution in [2.24, 2.45) is 0 Å². The second kappa shape index (κ2) is 10.3. The molecule has 196 valence electrons. The summed E-state index contributed by atoms with van der Waals surface area (Å²) in [5.74, 6) is 0.102. The third-order valence-corrected chi connectivity index (χ3v) is 12.4. The molecule has 0 unspecified atom stereocenters. The third-order valence-electron chi connectivity index (χ3n) is 7.67. The van der Waals surface area contributed by atoms with Crippen LogP contribution in [0.4, 0.5) is 6.01 Å². The molecule has 1 atom stereocenters. The molecule has 1 aliphatic rings. The Morgan fingerprint density at radius 1 is 1.25 bits per heavy atom. The minimum absolute atomic E-state index is 0.102. The molecule has 3 heterocycles. The van der Waals surface area contributed by atoms with E-state index < -0.39 is 8.32 Å². The summed E-state index contributed by atoms with van der Waals surface area (Å²) in [6.07, 6.45) is 2.22. The number of phenolic OH excluding ortho intramolecular Hbond substituents is 1. The number of anilines is 1. The lowest BCUT2D eigenvalue weighted by Gasteiger charge is -2.39. The molecule has 1 saturated heterocycles. The molecular weight excluding hydrogens is 492 g/mol. The van der Waals surface area contributed by atoms with Crippen molar-refractivity contribution in [2.45, 2.75) is 64.7 Å². The monoisotopic (exact) mass is 530 g/mol. The van der Waals surface area contributed by atoms with Gasteiger partial charge in [0.2, 0.25) is 5.65 Å².